The Morgan fingerprint density at radius 3 is 2.56 bits per heavy atom. The van der Waals surface area contributed by atoms with Gasteiger partial charge in [0.15, 0.2) is 0 Å². The molecule has 16 heavy (non-hydrogen) atoms. The molecule has 0 atom stereocenters. The number of hydrogen-bond donors (Lipinski definition) is 1. The highest BCUT2D eigenvalue weighted by atomic mass is 16.5. The number of ether oxygens (including phenoxy) is 1. The highest BCUT2D eigenvalue weighted by Gasteiger charge is 2.06. The van der Waals surface area contributed by atoms with E-state index in [1.54, 1.807) is 19.5 Å². The molecular formula is C13H13NO2. The smallest absolute Gasteiger partial charge is 0.127 e. The van der Waals surface area contributed by atoms with Crippen LogP contribution in [0.25, 0.3) is 11.1 Å². The Balaban J connectivity index is 2.49. The van der Waals surface area contributed by atoms with E-state index in [1.165, 1.54) is 0 Å². The molecule has 0 saturated carbocycles. The molecule has 2 aromatic rings. The zero-order valence-electron chi connectivity index (χ0n) is 9.05. The minimum atomic E-state index is 0.0208. The summed E-state index contributed by atoms with van der Waals surface area (Å²) in [5, 5.41) is 9.05. The molecule has 0 bridgehead atoms. The van der Waals surface area contributed by atoms with E-state index in [4.69, 9.17) is 9.84 Å². The minimum Gasteiger partial charge on any atom is -0.496 e. The van der Waals surface area contributed by atoms with Crippen molar-refractivity contribution in [3.63, 3.8) is 0 Å². The molecule has 1 aromatic heterocycles. The second kappa shape index (κ2) is 4.77. The van der Waals surface area contributed by atoms with Crippen molar-refractivity contribution in [1.82, 2.24) is 4.98 Å². The average molecular weight is 215 g/mol. The van der Waals surface area contributed by atoms with E-state index in [1.807, 2.05) is 30.3 Å². The molecule has 1 heterocycles. The van der Waals surface area contributed by atoms with Gasteiger partial charge in [-0.1, -0.05) is 12.1 Å². The van der Waals surface area contributed by atoms with Crippen LogP contribution in [0.2, 0.25) is 0 Å². The third kappa shape index (κ3) is 2.04. The summed E-state index contributed by atoms with van der Waals surface area (Å²) in [4.78, 5) is 3.98. The third-order valence-corrected chi connectivity index (χ3v) is 2.44. The van der Waals surface area contributed by atoms with Gasteiger partial charge in [-0.3, -0.25) is 4.98 Å². The summed E-state index contributed by atoms with van der Waals surface area (Å²) in [6.45, 7) is 0.0208. The van der Waals surface area contributed by atoms with Crippen LogP contribution in [-0.2, 0) is 6.61 Å². The SMILES string of the molecule is COc1cc(CO)ccc1-c1ccncc1. The molecule has 2 rings (SSSR count). The average Bonchev–Trinajstić information content (AvgIpc) is 2.39. The monoisotopic (exact) mass is 215 g/mol. The largest absolute Gasteiger partial charge is 0.496 e. The standard InChI is InChI=1S/C13H13NO2/c1-16-13-8-10(9-15)2-3-12(13)11-4-6-14-7-5-11/h2-8,15H,9H2,1H3. The van der Waals surface area contributed by atoms with E-state index in [2.05, 4.69) is 4.98 Å². The fourth-order valence-electron chi connectivity index (χ4n) is 1.60. The van der Waals surface area contributed by atoms with Crippen molar-refractivity contribution < 1.29 is 9.84 Å². The molecule has 0 saturated heterocycles. The van der Waals surface area contributed by atoms with Gasteiger partial charge in [0.1, 0.15) is 5.75 Å². The summed E-state index contributed by atoms with van der Waals surface area (Å²) in [5.74, 6) is 0.762. The van der Waals surface area contributed by atoms with E-state index in [9.17, 15) is 0 Å². The predicted octanol–water partition coefficient (Wildman–Crippen LogP) is 2.25. The summed E-state index contributed by atoms with van der Waals surface area (Å²) in [5.41, 5.74) is 2.90. The van der Waals surface area contributed by atoms with Crippen molar-refractivity contribution in [3.8, 4) is 16.9 Å². The number of methoxy groups -OCH3 is 1. The molecule has 0 fully saturated rings. The maximum absolute atomic E-state index is 9.05. The van der Waals surface area contributed by atoms with E-state index in [-0.39, 0.29) is 6.61 Å². The van der Waals surface area contributed by atoms with Gasteiger partial charge in [0, 0.05) is 18.0 Å². The van der Waals surface area contributed by atoms with Crippen LogP contribution in [0, 0.1) is 0 Å². The van der Waals surface area contributed by atoms with E-state index in [0.717, 1.165) is 22.4 Å². The van der Waals surface area contributed by atoms with Gasteiger partial charge in [-0.2, -0.15) is 0 Å². The van der Waals surface area contributed by atoms with Gasteiger partial charge in [0.25, 0.3) is 0 Å². The lowest BCUT2D eigenvalue weighted by Crippen LogP contribution is -1.91. The Morgan fingerprint density at radius 2 is 1.94 bits per heavy atom. The first kappa shape index (κ1) is 10.6. The molecular weight excluding hydrogens is 202 g/mol. The first-order chi connectivity index (χ1) is 7.85. The number of hydrogen-bond acceptors (Lipinski definition) is 3. The fourth-order valence-corrected chi connectivity index (χ4v) is 1.60. The van der Waals surface area contributed by atoms with E-state index in [0.29, 0.717) is 0 Å². The van der Waals surface area contributed by atoms with Crippen LogP contribution in [0.15, 0.2) is 42.7 Å². The topological polar surface area (TPSA) is 42.4 Å². The van der Waals surface area contributed by atoms with E-state index >= 15 is 0 Å². The van der Waals surface area contributed by atoms with E-state index < -0.39 is 0 Å². The van der Waals surface area contributed by atoms with Crippen LogP contribution < -0.4 is 4.74 Å². The van der Waals surface area contributed by atoms with Crippen LogP contribution >= 0.6 is 0 Å². The second-order valence-corrected chi connectivity index (χ2v) is 3.43. The summed E-state index contributed by atoms with van der Waals surface area (Å²) >= 11 is 0. The molecule has 0 unspecified atom stereocenters. The highest BCUT2D eigenvalue weighted by molar-refractivity contribution is 5.70. The summed E-state index contributed by atoms with van der Waals surface area (Å²) in [7, 11) is 1.63. The van der Waals surface area contributed by atoms with Gasteiger partial charge in [0.05, 0.1) is 13.7 Å². The number of aromatic nitrogens is 1. The maximum atomic E-state index is 9.05. The molecule has 0 aliphatic rings. The molecule has 0 aliphatic carbocycles. The van der Waals surface area contributed by atoms with Gasteiger partial charge >= 0.3 is 0 Å². The van der Waals surface area contributed by atoms with Gasteiger partial charge < -0.3 is 9.84 Å². The van der Waals surface area contributed by atoms with Gasteiger partial charge in [0.2, 0.25) is 0 Å². The molecule has 1 aromatic carbocycles. The lowest BCUT2D eigenvalue weighted by atomic mass is 10.0. The zero-order valence-corrected chi connectivity index (χ0v) is 9.05. The summed E-state index contributed by atoms with van der Waals surface area (Å²) in [6.07, 6.45) is 3.49. The third-order valence-electron chi connectivity index (χ3n) is 2.44. The fraction of sp³-hybridized carbons (Fsp3) is 0.154. The van der Waals surface area contributed by atoms with Crippen molar-refractivity contribution in [3.05, 3.63) is 48.3 Å². The first-order valence-electron chi connectivity index (χ1n) is 5.03. The molecule has 0 amide bonds. The van der Waals surface area contributed by atoms with Crippen molar-refractivity contribution in [2.45, 2.75) is 6.61 Å². The van der Waals surface area contributed by atoms with Gasteiger partial charge in [-0.15, -0.1) is 0 Å². The van der Waals surface area contributed by atoms with Crippen molar-refractivity contribution in [2.75, 3.05) is 7.11 Å². The van der Waals surface area contributed by atoms with Gasteiger partial charge in [-0.25, -0.2) is 0 Å². The van der Waals surface area contributed by atoms with Crippen LogP contribution in [0.1, 0.15) is 5.56 Å². The second-order valence-electron chi connectivity index (χ2n) is 3.43. The number of rotatable bonds is 3. The number of nitrogens with zero attached hydrogens (tertiary/aromatic N) is 1. The van der Waals surface area contributed by atoms with Crippen LogP contribution in [0.5, 0.6) is 5.75 Å². The maximum Gasteiger partial charge on any atom is 0.127 e. The van der Waals surface area contributed by atoms with Crippen LogP contribution in [0.3, 0.4) is 0 Å². The predicted molar refractivity (Wildman–Crippen MR) is 62.1 cm³/mol. The zero-order chi connectivity index (χ0) is 11.4. The van der Waals surface area contributed by atoms with Crippen molar-refractivity contribution in [2.24, 2.45) is 0 Å². The normalized spacial score (nSPS) is 10.1. The molecule has 3 nitrogen and oxygen atoms in total. The first-order valence-corrected chi connectivity index (χ1v) is 5.03. The Labute approximate surface area is 94.3 Å². The van der Waals surface area contributed by atoms with Crippen molar-refractivity contribution >= 4 is 0 Å². The summed E-state index contributed by atoms with van der Waals surface area (Å²) < 4.78 is 5.31. The number of pyridine rings is 1. The molecule has 1 N–H and O–H groups in total. The van der Waals surface area contributed by atoms with Crippen LogP contribution in [0.4, 0.5) is 0 Å². The number of aliphatic hydroxyl groups excluding tert-OH is 1. The molecule has 82 valence electrons. The lowest BCUT2D eigenvalue weighted by Gasteiger charge is -2.09. The molecule has 0 aliphatic heterocycles. The molecule has 3 heteroatoms. The Bertz CT molecular complexity index is 469. The van der Waals surface area contributed by atoms with Crippen LogP contribution in [-0.4, -0.2) is 17.2 Å². The van der Waals surface area contributed by atoms with Crippen molar-refractivity contribution in [1.29, 1.82) is 0 Å². The van der Waals surface area contributed by atoms with Gasteiger partial charge in [-0.05, 0) is 29.3 Å². The minimum absolute atomic E-state index is 0.0208. The Morgan fingerprint density at radius 1 is 1.19 bits per heavy atom. The molecule has 0 spiro atoms. The lowest BCUT2D eigenvalue weighted by molar-refractivity contribution is 0.281. The summed E-state index contributed by atoms with van der Waals surface area (Å²) in [6, 6.07) is 9.53. The number of benzene rings is 1. The quantitative estimate of drug-likeness (QED) is 0.853. The Kier molecular flexibility index (Phi) is 3.17. The molecule has 0 radical (unpaired) electrons. The highest BCUT2D eigenvalue weighted by Crippen LogP contribution is 2.30. The number of aliphatic hydroxyl groups is 1. The Hall–Kier alpha value is -1.87.